The summed E-state index contributed by atoms with van der Waals surface area (Å²) in [6, 6.07) is 0.939. The van der Waals surface area contributed by atoms with Crippen molar-refractivity contribution in [2.24, 2.45) is 10.7 Å². The highest BCUT2D eigenvalue weighted by Gasteiger charge is 2.14. The van der Waals surface area contributed by atoms with E-state index in [4.69, 9.17) is 5.73 Å². The summed E-state index contributed by atoms with van der Waals surface area (Å²) in [5, 5.41) is 3.30. The van der Waals surface area contributed by atoms with Crippen LogP contribution in [0.5, 0.6) is 0 Å². The van der Waals surface area contributed by atoms with Crippen LogP contribution in [0, 0.1) is 0 Å². The minimum absolute atomic E-state index is 0.463. The summed E-state index contributed by atoms with van der Waals surface area (Å²) < 4.78 is 0. The third kappa shape index (κ3) is 4.78. The minimum atomic E-state index is 0.463. The molecule has 1 aliphatic rings. The van der Waals surface area contributed by atoms with Crippen LogP contribution in [0.2, 0.25) is 0 Å². The van der Waals surface area contributed by atoms with Gasteiger partial charge in [-0.1, -0.05) is 19.8 Å². The van der Waals surface area contributed by atoms with Crippen LogP contribution < -0.4 is 11.1 Å². The van der Waals surface area contributed by atoms with Crippen LogP contribution in [0.15, 0.2) is 4.99 Å². The van der Waals surface area contributed by atoms with Crippen molar-refractivity contribution in [2.45, 2.75) is 51.1 Å². The predicted octanol–water partition coefficient (Wildman–Crippen LogP) is 1.97. The Bertz CT molecular complexity index is 200. The summed E-state index contributed by atoms with van der Waals surface area (Å²) in [5.41, 5.74) is 5.89. The van der Waals surface area contributed by atoms with Crippen LogP contribution in [0.3, 0.4) is 0 Å². The van der Waals surface area contributed by atoms with E-state index >= 15 is 0 Å². The van der Waals surface area contributed by atoms with Gasteiger partial charge in [-0.3, -0.25) is 4.99 Å². The van der Waals surface area contributed by atoms with Crippen LogP contribution in [0.1, 0.15) is 39.0 Å². The third-order valence-electron chi connectivity index (χ3n) is 2.86. The van der Waals surface area contributed by atoms with Gasteiger partial charge in [0.25, 0.3) is 0 Å². The van der Waals surface area contributed by atoms with E-state index in [0.717, 1.165) is 12.2 Å². The van der Waals surface area contributed by atoms with Crippen molar-refractivity contribution in [3.8, 4) is 0 Å². The lowest BCUT2D eigenvalue weighted by Gasteiger charge is -2.17. The molecule has 1 atom stereocenters. The lowest BCUT2D eigenvalue weighted by Crippen LogP contribution is -2.41. The minimum Gasteiger partial charge on any atom is -0.370 e. The van der Waals surface area contributed by atoms with E-state index in [9.17, 15) is 0 Å². The zero-order valence-corrected chi connectivity index (χ0v) is 10.6. The van der Waals surface area contributed by atoms with Gasteiger partial charge in [0.15, 0.2) is 5.96 Å². The fourth-order valence-corrected chi connectivity index (χ4v) is 2.66. The Morgan fingerprint density at radius 2 is 2.20 bits per heavy atom. The van der Waals surface area contributed by atoms with E-state index in [1.165, 1.54) is 25.7 Å². The average Bonchev–Trinajstić information content (AvgIpc) is 2.69. The molecule has 88 valence electrons. The van der Waals surface area contributed by atoms with Gasteiger partial charge in [0.1, 0.15) is 0 Å². The molecule has 0 aromatic rings. The fraction of sp³-hybridized carbons (Fsp3) is 0.909. The Morgan fingerprint density at radius 3 is 2.73 bits per heavy atom. The Hall–Kier alpha value is -0.380. The van der Waals surface area contributed by atoms with E-state index in [1.807, 2.05) is 11.8 Å². The Labute approximate surface area is 97.3 Å². The highest BCUT2D eigenvalue weighted by molar-refractivity contribution is 7.98. The summed E-state index contributed by atoms with van der Waals surface area (Å²) in [4.78, 5) is 4.52. The second-order valence-corrected chi connectivity index (χ2v) is 5.07. The van der Waals surface area contributed by atoms with Crippen molar-refractivity contribution in [1.82, 2.24) is 5.32 Å². The molecule has 0 aromatic heterocycles. The summed E-state index contributed by atoms with van der Waals surface area (Å²) >= 11 is 1.85. The first kappa shape index (κ1) is 12.7. The smallest absolute Gasteiger partial charge is 0.189 e. The zero-order chi connectivity index (χ0) is 11.1. The molecular weight excluding hydrogens is 206 g/mol. The van der Waals surface area contributed by atoms with Gasteiger partial charge >= 0.3 is 0 Å². The molecule has 0 aliphatic heterocycles. The zero-order valence-electron chi connectivity index (χ0n) is 9.83. The molecule has 0 aromatic carbocycles. The van der Waals surface area contributed by atoms with E-state index in [-0.39, 0.29) is 0 Å². The molecule has 0 amide bonds. The first-order valence-electron chi connectivity index (χ1n) is 5.85. The van der Waals surface area contributed by atoms with Gasteiger partial charge < -0.3 is 11.1 Å². The maximum absolute atomic E-state index is 5.89. The largest absolute Gasteiger partial charge is 0.370 e. The number of aliphatic imine (C=N–C) groups is 1. The molecule has 0 saturated heterocycles. The third-order valence-corrected chi connectivity index (χ3v) is 3.59. The van der Waals surface area contributed by atoms with E-state index < -0.39 is 0 Å². The van der Waals surface area contributed by atoms with Crippen LogP contribution in [-0.4, -0.2) is 30.1 Å². The van der Waals surface area contributed by atoms with Crippen molar-refractivity contribution < 1.29 is 0 Å². The molecule has 1 rings (SSSR count). The molecule has 1 unspecified atom stereocenters. The average molecular weight is 229 g/mol. The molecule has 3 nitrogen and oxygen atoms in total. The number of hydrogen-bond donors (Lipinski definition) is 2. The summed E-state index contributed by atoms with van der Waals surface area (Å²) in [7, 11) is 0. The van der Waals surface area contributed by atoms with Gasteiger partial charge in [-0.05, 0) is 25.5 Å². The normalized spacial score (nSPS) is 20.5. The van der Waals surface area contributed by atoms with Crippen molar-refractivity contribution >= 4 is 17.7 Å². The number of nitrogens with one attached hydrogen (secondary N) is 1. The predicted molar refractivity (Wildman–Crippen MR) is 69.5 cm³/mol. The van der Waals surface area contributed by atoms with Crippen LogP contribution in [0.25, 0.3) is 0 Å². The maximum Gasteiger partial charge on any atom is 0.189 e. The summed E-state index contributed by atoms with van der Waals surface area (Å²) in [5.74, 6) is 1.74. The SMILES string of the molecule is CCC(CSC)NC(N)=NC1CCCC1. The van der Waals surface area contributed by atoms with Gasteiger partial charge in [0.05, 0.1) is 6.04 Å². The van der Waals surface area contributed by atoms with Crippen LogP contribution in [-0.2, 0) is 0 Å². The van der Waals surface area contributed by atoms with Gasteiger partial charge in [-0.25, -0.2) is 0 Å². The second kappa shape index (κ2) is 6.99. The number of rotatable bonds is 5. The molecule has 0 spiro atoms. The standard InChI is InChI=1S/C11H23N3S/c1-3-9(8-15-2)13-11(12)14-10-6-4-5-7-10/h9-10H,3-8H2,1-2H3,(H3,12,13,14). The molecule has 4 heteroatoms. The Kier molecular flexibility index (Phi) is 5.91. The molecule has 0 bridgehead atoms. The lowest BCUT2D eigenvalue weighted by atomic mass is 10.2. The molecule has 15 heavy (non-hydrogen) atoms. The number of hydrogen-bond acceptors (Lipinski definition) is 2. The van der Waals surface area contributed by atoms with Crippen molar-refractivity contribution in [2.75, 3.05) is 12.0 Å². The Balaban J connectivity index is 2.34. The van der Waals surface area contributed by atoms with Gasteiger partial charge in [-0.2, -0.15) is 11.8 Å². The second-order valence-electron chi connectivity index (χ2n) is 4.16. The number of nitrogens with zero attached hydrogens (tertiary/aromatic N) is 1. The quantitative estimate of drug-likeness (QED) is 0.560. The maximum atomic E-state index is 5.89. The van der Waals surface area contributed by atoms with E-state index in [0.29, 0.717) is 18.0 Å². The van der Waals surface area contributed by atoms with E-state index in [2.05, 4.69) is 23.5 Å². The molecule has 1 fully saturated rings. The summed E-state index contributed by atoms with van der Waals surface area (Å²) in [6.45, 7) is 2.18. The molecule has 1 saturated carbocycles. The van der Waals surface area contributed by atoms with Crippen LogP contribution in [0.4, 0.5) is 0 Å². The number of thioether (sulfide) groups is 1. The highest BCUT2D eigenvalue weighted by Crippen LogP contribution is 2.20. The molecule has 0 heterocycles. The van der Waals surface area contributed by atoms with E-state index in [1.54, 1.807) is 0 Å². The van der Waals surface area contributed by atoms with Gasteiger partial charge in [0.2, 0.25) is 0 Å². The number of nitrogens with two attached hydrogens (primary N) is 1. The molecule has 3 N–H and O–H groups in total. The molecule has 0 radical (unpaired) electrons. The summed E-state index contributed by atoms with van der Waals surface area (Å²) in [6.07, 6.45) is 8.26. The van der Waals surface area contributed by atoms with Crippen molar-refractivity contribution in [1.29, 1.82) is 0 Å². The lowest BCUT2D eigenvalue weighted by molar-refractivity contribution is 0.633. The van der Waals surface area contributed by atoms with Crippen LogP contribution >= 0.6 is 11.8 Å². The topological polar surface area (TPSA) is 50.4 Å². The van der Waals surface area contributed by atoms with Crippen molar-refractivity contribution in [3.05, 3.63) is 0 Å². The number of guanidine groups is 1. The first-order valence-corrected chi connectivity index (χ1v) is 7.24. The first-order chi connectivity index (χ1) is 7.26. The van der Waals surface area contributed by atoms with Gasteiger partial charge in [0, 0.05) is 11.8 Å². The highest BCUT2D eigenvalue weighted by atomic mass is 32.2. The monoisotopic (exact) mass is 229 g/mol. The Morgan fingerprint density at radius 1 is 1.53 bits per heavy atom. The van der Waals surface area contributed by atoms with Gasteiger partial charge in [-0.15, -0.1) is 0 Å². The fourth-order valence-electron chi connectivity index (χ4n) is 1.94. The molecular formula is C11H23N3S. The van der Waals surface area contributed by atoms with Crippen molar-refractivity contribution in [3.63, 3.8) is 0 Å². The molecule has 1 aliphatic carbocycles.